The predicted octanol–water partition coefficient (Wildman–Crippen LogP) is 4.66. The largest absolute Gasteiger partial charge is 0.464 e. The third-order valence-electron chi connectivity index (χ3n) is 4.42. The van der Waals surface area contributed by atoms with Gasteiger partial charge in [-0.3, -0.25) is 0 Å². The van der Waals surface area contributed by atoms with Crippen LogP contribution in [0.15, 0.2) is 57.9 Å². The van der Waals surface area contributed by atoms with Crippen LogP contribution in [0, 0.1) is 0 Å². The van der Waals surface area contributed by atoms with E-state index in [1.54, 1.807) is 42.5 Å². The van der Waals surface area contributed by atoms with Gasteiger partial charge < -0.3 is 4.74 Å². The molecule has 0 N–H and O–H groups in total. The first kappa shape index (κ1) is 22.6. The highest BCUT2D eigenvalue weighted by molar-refractivity contribution is 9.10. The number of rotatable bonds is 5. The molecule has 0 radical (unpaired) electrons. The normalized spacial score (nSPS) is 11.5. The molecule has 32 heavy (non-hydrogen) atoms. The summed E-state index contributed by atoms with van der Waals surface area (Å²) in [6, 6.07) is 13.5. The van der Waals surface area contributed by atoms with Crippen LogP contribution in [0.4, 0.5) is 0 Å². The molecular formula is C20H14BrClN4O4S2. The molecule has 164 valence electrons. The van der Waals surface area contributed by atoms with Gasteiger partial charge in [0.1, 0.15) is 10.7 Å². The summed E-state index contributed by atoms with van der Waals surface area (Å²) in [7, 11) is -2.11. The van der Waals surface area contributed by atoms with Gasteiger partial charge in [0.15, 0.2) is 20.5 Å². The molecule has 0 amide bonds. The van der Waals surface area contributed by atoms with Crippen LogP contribution in [-0.2, 0) is 14.6 Å². The third-order valence-corrected chi connectivity index (χ3v) is 7.58. The molecule has 0 unspecified atom stereocenters. The molecule has 0 saturated heterocycles. The molecule has 0 saturated carbocycles. The van der Waals surface area contributed by atoms with Gasteiger partial charge in [-0.05, 0) is 40.2 Å². The van der Waals surface area contributed by atoms with Crippen LogP contribution in [0.2, 0.25) is 5.02 Å². The molecule has 4 aromatic rings. The number of methoxy groups -OCH3 is 1. The van der Waals surface area contributed by atoms with Crippen LogP contribution >= 0.6 is 38.9 Å². The Balaban J connectivity index is 1.88. The molecular weight excluding hydrogens is 540 g/mol. The molecule has 2 aromatic heterocycles. The van der Waals surface area contributed by atoms with Crippen molar-refractivity contribution in [2.75, 3.05) is 13.4 Å². The first-order valence-electron chi connectivity index (χ1n) is 8.97. The summed E-state index contributed by atoms with van der Waals surface area (Å²) in [5.74, 6) is -0.630. The fourth-order valence-corrected chi connectivity index (χ4v) is 5.39. The first-order chi connectivity index (χ1) is 15.2. The number of sulfone groups is 1. The Bertz CT molecular complexity index is 1450. The second-order valence-electron chi connectivity index (χ2n) is 6.58. The number of ether oxygens (including phenoxy) is 1. The quantitative estimate of drug-likeness (QED) is 0.331. The molecule has 2 aromatic carbocycles. The minimum absolute atomic E-state index is 0.0539. The summed E-state index contributed by atoms with van der Waals surface area (Å²) in [5, 5.41) is 14.2. The summed E-state index contributed by atoms with van der Waals surface area (Å²) < 4.78 is 30.5. The number of esters is 1. The van der Waals surface area contributed by atoms with Gasteiger partial charge in [-0.1, -0.05) is 47.2 Å². The Labute approximate surface area is 200 Å². The number of aromatic nitrogens is 4. The molecule has 4 rings (SSSR count). The van der Waals surface area contributed by atoms with E-state index < -0.39 is 15.8 Å². The van der Waals surface area contributed by atoms with E-state index in [4.69, 9.17) is 16.3 Å². The lowest BCUT2D eigenvalue weighted by Crippen LogP contribution is -2.05. The summed E-state index contributed by atoms with van der Waals surface area (Å²) in [5.41, 5.74) is 1.65. The van der Waals surface area contributed by atoms with E-state index in [9.17, 15) is 13.2 Å². The zero-order chi connectivity index (χ0) is 23.0. The molecule has 0 fully saturated rings. The zero-order valence-corrected chi connectivity index (χ0v) is 20.6. The van der Waals surface area contributed by atoms with Crippen LogP contribution in [0.1, 0.15) is 10.5 Å². The molecule has 0 spiro atoms. The average Bonchev–Trinajstić information content (AvgIpc) is 3.37. The van der Waals surface area contributed by atoms with Gasteiger partial charge in [-0.15, -0.1) is 10.2 Å². The van der Waals surface area contributed by atoms with Crippen molar-refractivity contribution in [2.45, 2.75) is 4.90 Å². The third kappa shape index (κ3) is 4.20. The van der Waals surface area contributed by atoms with Crippen LogP contribution in [-0.4, -0.2) is 47.7 Å². The van der Waals surface area contributed by atoms with Crippen molar-refractivity contribution in [3.63, 3.8) is 0 Å². The van der Waals surface area contributed by atoms with Gasteiger partial charge in [-0.2, -0.15) is 5.10 Å². The SMILES string of the molecule is COC(=O)c1nn(-c2ccccc2Cl)c(-c2nnc(-c3cccc(S(C)(=O)=O)c3)s2)c1Br. The van der Waals surface area contributed by atoms with Crippen molar-refractivity contribution in [3.05, 3.63) is 63.7 Å². The Morgan fingerprint density at radius 3 is 2.53 bits per heavy atom. The molecule has 0 atom stereocenters. The molecule has 0 aliphatic heterocycles. The Hall–Kier alpha value is -2.60. The van der Waals surface area contributed by atoms with Crippen molar-refractivity contribution in [3.8, 4) is 27.0 Å². The van der Waals surface area contributed by atoms with Gasteiger partial charge in [0.05, 0.1) is 27.2 Å². The lowest BCUT2D eigenvalue weighted by Gasteiger charge is -2.07. The van der Waals surface area contributed by atoms with Gasteiger partial charge in [0, 0.05) is 11.8 Å². The average molecular weight is 554 g/mol. The number of hydrogen-bond acceptors (Lipinski definition) is 8. The standard InChI is InChI=1S/C20H14BrClN4O4S2/c1-30-20(27)16-15(21)17(26(25-16)14-9-4-3-8-13(14)22)19-24-23-18(31-19)11-6-5-7-12(10-11)32(2,28)29/h3-10H,1-2H3. The van der Waals surface area contributed by atoms with E-state index >= 15 is 0 Å². The van der Waals surface area contributed by atoms with Crippen molar-refractivity contribution in [1.29, 1.82) is 0 Å². The summed E-state index contributed by atoms with van der Waals surface area (Å²) in [6.07, 6.45) is 1.14. The van der Waals surface area contributed by atoms with Gasteiger partial charge in [0.2, 0.25) is 0 Å². The molecule has 0 aliphatic carbocycles. The van der Waals surface area contributed by atoms with Crippen LogP contribution < -0.4 is 0 Å². The van der Waals surface area contributed by atoms with Crippen molar-refractivity contribution >= 4 is 54.7 Å². The fraction of sp³-hybridized carbons (Fsp3) is 0.100. The monoisotopic (exact) mass is 552 g/mol. The topological polar surface area (TPSA) is 104 Å². The summed E-state index contributed by atoms with van der Waals surface area (Å²) in [4.78, 5) is 12.4. The highest BCUT2D eigenvalue weighted by Crippen LogP contribution is 2.38. The van der Waals surface area contributed by atoms with Crippen molar-refractivity contribution in [2.24, 2.45) is 0 Å². The predicted molar refractivity (Wildman–Crippen MR) is 125 cm³/mol. The summed E-state index contributed by atoms with van der Waals surface area (Å²) in [6.45, 7) is 0. The van der Waals surface area contributed by atoms with E-state index in [1.165, 1.54) is 29.2 Å². The Kier molecular flexibility index (Phi) is 6.17. The molecule has 12 heteroatoms. The molecule has 0 aliphatic rings. The number of nitrogens with zero attached hydrogens (tertiary/aromatic N) is 4. The highest BCUT2D eigenvalue weighted by atomic mass is 79.9. The summed E-state index contributed by atoms with van der Waals surface area (Å²) >= 11 is 11.0. The van der Waals surface area contributed by atoms with Gasteiger partial charge >= 0.3 is 5.97 Å². The van der Waals surface area contributed by atoms with E-state index in [1.807, 2.05) is 0 Å². The van der Waals surface area contributed by atoms with Gasteiger partial charge in [-0.25, -0.2) is 17.9 Å². The Morgan fingerprint density at radius 2 is 1.84 bits per heavy atom. The van der Waals surface area contributed by atoms with Crippen LogP contribution in [0.25, 0.3) is 27.0 Å². The van der Waals surface area contributed by atoms with Crippen molar-refractivity contribution in [1.82, 2.24) is 20.0 Å². The van der Waals surface area contributed by atoms with Gasteiger partial charge in [0.25, 0.3) is 0 Å². The second-order valence-corrected chi connectivity index (χ2v) is 10.8. The lowest BCUT2D eigenvalue weighted by molar-refractivity contribution is 0.0592. The zero-order valence-electron chi connectivity index (χ0n) is 16.6. The maximum atomic E-state index is 12.3. The highest BCUT2D eigenvalue weighted by Gasteiger charge is 2.27. The van der Waals surface area contributed by atoms with Crippen LogP contribution in [0.5, 0.6) is 0 Å². The second kappa shape index (κ2) is 8.74. The van der Waals surface area contributed by atoms with E-state index in [2.05, 4.69) is 31.2 Å². The molecule has 0 bridgehead atoms. The number of carbonyl (C=O) groups is 1. The van der Waals surface area contributed by atoms with E-state index in [0.717, 1.165) is 6.26 Å². The number of benzene rings is 2. The molecule has 2 heterocycles. The Morgan fingerprint density at radius 1 is 1.12 bits per heavy atom. The van der Waals surface area contributed by atoms with E-state index in [-0.39, 0.29) is 10.6 Å². The lowest BCUT2D eigenvalue weighted by atomic mass is 10.2. The minimum Gasteiger partial charge on any atom is -0.464 e. The number of para-hydroxylation sites is 1. The number of carbonyl (C=O) groups excluding carboxylic acids is 1. The first-order valence-corrected chi connectivity index (χ1v) is 12.8. The smallest absolute Gasteiger partial charge is 0.359 e. The molecule has 8 nitrogen and oxygen atoms in total. The maximum absolute atomic E-state index is 12.3. The minimum atomic E-state index is -3.37. The number of hydrogen-bond donors (Lipinski definition) is 0. The van der Waals surface area contributed by atoms with E-state index in [0.29, 0.717) is 36.5 Å². The van der Waals surface area contributed by atoms with Crippen molar-refractivity contribution < 1.29 is 17.9 Å². The number of halogens is 2. The fourth-order valence-electron chi connectivity index (χ4n) is 2.90. The van der Waals surface area contributed by atoms with Crippen LogP contribution in [0.3, 0.4) is 0 Å². The maximum Gasteiger partial charge on any atom is 0.359 e.